The molecule has 4 heterocycles. The van der Waals surface area contributed by atoms with Crippen LogP contribution >= 0.6 is 0 Å². The molecule has 0 radical (unpaired) electrons. The van der Waals surface area contributed by atoms with Gasteiger partial charge in [-0.15, -0.1) is 0 Å². The molecule has 0 amide bonds. The van der Waals surface area contributed by atoms with Gasteiger partial charge in [-0.05, 0) is 47.9 Å². The lowest BCUT2D eigenvalue weighted by Crippen LogP contribution is -2.14. The lowest BCUT2D eigenvalue weighted by Gasteiger charge is -2.27. The van der Waals surface area contributed by atoms with Crippen LogP contribution in [0.2, 0.25) is 0 Å². The average molecular weight is 839 g/mol. The Bertz CT molecular complexity index is 4340. The van der Waals surface area contributed by atoms with Gasteiger partial charge in [0.1, 0.15) is 6.07 Å². The number of hydrogen-bond acceptors (Lipinski definition) is 1. The van der Waals surface area contributed by atoms with Crippen LogP contribution in [0.15, 0.2) is 206 Å². The number of nitriles is 1. The topological polar surface area (TPSA) is 47.9 Å². The van der Waals surface area contributed by atoms with E-state index < -0.39 is 0 Å². The Balaban J connectivity index is 1.36. The second-order valence-electron chi connectivity index (χ2n) is 17.0. The van der Waals surface area contributed by atoms with Crippen LogP contribution in [0.25, 0.3) is 126 Å². The summed E-state index contributed by atoms with van der Waals surface area (Å²) < 4.78 is 9.15. The van der Waals surface area contributed by atoms with Gasteiger partial charge in [-0.1, -0.05) is 164 Å². The maximum Gasteiger partial charge on any atom is 0.237 e. The van der Waals surface area contributed by atoms with Gasteiger partial charge in [0.15, 0.2) is 0 Å². The van der Waals surface area contributed by atoms with Crippen molar-refractivity contribution in [2.45, 2.75) is 0 Å². The fourth-order valence-electron chi connectivity index (χ4n) is 11.2. The fraction of sp³-hybridized carbons (Fsp3) is 0. The summed E-state index contributed by atoms with van der Waals surface area (Å²) in [5, 5.41) is 23.0. The molecule has 0 unspecified atom stereocenters. The Kier molecular flexibility index (Phi) is 7.43. The second-order valence-corrected chi connectivity index (χ2v) is 17.0. The Morgan fingerprint density at radius 1 is 0.318 bits per heavy atom. The molecular weight excluding hydrogens is 805 g/mol. The van der Waals surface area contributed by atoms with Gasteiger partial charge in [0, 0.05) is 48.5 Å². The SMILES string of the molecule is [C-]#[N+]c1c(-n2c3ccccc3c3ccccc32)c(C#N)c(-n2c3ccccc3c3ccc4ccccc4c32)c(-n2c3ccccc3c3ccccc32)c1-n1c2ccccc2c2ccccc21. The van der Waals surface area contributed by atoms with Crippen LogP contribution in [0.1, 0.15) is 5.56 Å². The molecule has 14 aromatic rings. The molecule has 0 aliphatic heterocycles. The Morgan fingerprint density at radius 3 is 1.06 bits per heavy atom. The van der Waals surface area contributed by atoms with Crippen molar-refractivity contribution in [1.82, 2.24) is 18.3 Å². The molecule has 0 spiro atoms. The third kappa shape index (κ3) is 4.66. The van der Waals surface area contributed by atoms with Crippen molar-refractivity contribution in [2.24, 2.45) is 0 Å². The molecule has 0 saturated carbocycles. The van der Waals surface area contributed by atoms with E-state index in [0.717, 1.165) is 104 Å². The van der Waals surface area contributed by atoms with Crippen LogP contribution in [0.5, 0.6) is 0 Å². The summed E-state index contributed by atoms with van der Waals surface area (Å²) in [5.41, 5.74) is 11.0. The molecule has 0 bridgehead atoms. The van der Waals surface area contributed by atoms with E-state index in [-0.39, 0.29) is 0 Å². The van der Waals surface area contributed by atoms with Crippen molar-refractivity contribution in [2.75, 3.05) is 0 Å². The van der Waals surface area contributed by atoms with E-state index in [0.29, 0.717) is 28.3 Å². The molecule has 304 valence electrons. The van der Waals surface area contributed by atoms with Gasteiger partial charge in [-0.2, -0.15) is 5.26 Å². The molecule has 6 heteroatoms. The minimum Gasteiger partial charge on any atom is -0.318 e. The molecular formula is C60H34N6. The molecule has 0 fully saturated rings. The molecule has 66 heavy (non-hydrogen) atoms. The molecule has 0 saturated heterocycles. The van der Waals surface area contributed by atoms with Crippen molar-refractivity contribution in [3.8, 4) is 28.8 Å². The number of fused-ring (bicyclic) bond motifs is 14. The third-order valence-corrected chi connectivity index (χ3v) is 13.8. The van der Waals surface area contributed by atoms with Gasteiger partial charge in [0.25, 0.3) is 0 Å². The maximum absolute atomic E-state index is 12.3. The monoisotopic (exact) mass is 838 g/mol. The highest BCUT2D eigenvalue weighted by Gasteiger charge is 2.34. The third-order valence-electron chi connectivity index (χ3n) is 13.8. The number of benzene rings is 10. The normalized spacial score (nSPS) is 11.9. The van der Waals surface area contributed by atoms with Crippen LogP contribution in [0.3, 0.4) is 0 Å². The van der Waals surface area contributed by atoms with Gasteiger partial charge in [-0.25, -0.2) is 4.85 Å². The predicted molar refractivity (Wildman–Crippen MR) is 272 cm³/mol. The van der Waals surface area contributed by atoms with Gasteiger partial charge < -0.3 is 18.3 Å². The van der Waals surface area contributed by atoms with E-state index in [1.54, 1.807) is 0 Å². The Labute approximate surface area is 377 Å². The van der Waals surface area contributed by atoms with Crippen molar-refractivity contribution in [3.05, 3.63) is 223 Å². The standard InChI is InChI=1S/C60H34N6/c1-62-55-57(63-48-27-11-4-20-39(48)40-21-5-12-28-49(40)63)47(36-61)58(66-54-33-17-10-26-45(54)46-35-34-37-18-2-3-19-38(37)56(46)66)60(65-52-31-15-8-24-43(52)44-25-9-16-32-53(44)65)59(55)64-50-29-13-6-22-41(50)42-23-7-14-30-51(42)64/h2-35H. The van der Waals surface area contributed by atoms with Crippen molar-refractivity contribution < 1.29 is 0 Å². The second kappa shape index (κ2) is 13.6. The van der Waals surface area contributed by atoms with E-state index in [2.05, 4.69) is 223 Å². The molecule has 0 atom stereocenters. The first-order valence-electron chi connectivity index (χ1n) is 22.1. The van der Waals surface area contributed by atoms with Crippen LogP contribution < -0.4 is 0 Å². The maximum atomic E-state index is 12.3. The first-order valence-corrected chi connectivity index (χ1v) is 22.1. The quantitative estimate of drug-likeness (QED) is 0.163. The number of hydrogen-bond donors (Lipinski definition) is 0. The van der Waals surface area contributed by atoms with Gasteiger partial charge in [0.05, 0.1) is 79.0 Å². The lowest BCUT2D eigenvalue weighted by molar-refractivity contribution is 1.03. The van der Waals surface area contributed by atoms with Crippen molar-refractivity contribution >= 4 is 104 Å². The highest BCUT2D eigenvalue weighted by Crippen LogP contribution is 2.52. The summed E-state index contributed by atoms with van der Waals surface area (Å²) in [7, 11) is 0. The first-order chi connectivity index (χ1) is 32.7. The number of nitrogens with zero attached hydrogens (tertiary/aromatic N) is 6. The van der Waals surface area contributed by atoms with Crippen LogP contribution in [0, 0.1) is 17.9 Å². The van der Waals surface area contributed by atoms with E-state index in [9.17, 15) is 11.8 Å². The molecule has 0 aliphatic carbocycles. The zero-order valence-electron chi connectivity index (χ0n) is 35.3. The number of rotatable bonds is 4. The van der Waals surface area contributed by atoms with Crippen molar-refractivity contribution in [3.63, 3.8) is 0 Å². The van der Waals surface area contributed by atoms with E-state index in [4.69, 9.17) is 0 Å². The van der Waals surface area contributed by atoms with E-state index >= 15 is 0 Å². The molecule has 4 aromatic heterocycles. The number of aromatic nitrogens is 4. The first kappa shape index (κ1) is 36.2. The molecule has 0 aliphatic rings. The van der Waals surface area contributed by atoms with Crippen LogP contribution in [-0.2, 0) is 0 Å². The summed E-state index contributed by atoms with van der Waals surface area (Å²) >= 11 is 0. The highest BCUT2D eigenvalue weighted by molar-refractivity contribution is 6.21. The van der Waals surface area contributed by atoms with Gasteiger partial charge >= 0.3 is 0 Å². The summed E-state index contributed by atoms with van der Waals surface area (Å²) in [6.45, 7) is 9.57. The number of para-hydroxylation sites is 7. The van der Waals surface area contributed by atoms with Gasteiger partial charge in [-0.3, -0.25) is 0 Å². The summed E-state index contributed by atoms with van der Waals surface area (Å²) in [6, 6.07) is 75.0. The Hall–Kier alpha value is -9.36. The highest BCUT2D eigenvalue weighted by atomic mass is 15.1. The smallest absolute Gasteiger partial charge is 0.237 e. The largest absolute Gasteiger partial charge is 0.318 e. The molecule has 0 N–H and O–H groups in total. The predicted octanol–water partition coefficient (Wildman–Crippen LogP) is 15.7. The Morgan fingerprint density at radius 2 is 0.652 bits per heavy atom. The van der Waals surface area contributed by atoms with Crippen LogP contribution in [-0.4, -0.2) is 18.3 Å². The molecule has 14 rings (SSSR count). The minimum absolute atomic E-state index is 0.371. The zero-order valence-corrected chi connectivity index (χ0v) is 35.3. The fourth-order valence-corrected chi connectivity index (χ4v) is 11.2. The van der Waals surface area contributed by atoms with Crippen LogP contribution in [0.4, 0.5) is 5.69 Å². The molecule has 10 aromatic carbocycles. The minimum atomic E-state index is 0.371. The summed E-state index contributed by atoms with van der Waals surface area (Å²) in [4.78, 5) is 4.68. The summed E-state index contributed by atoms with van der Waals surface area (Å²) in [6.07, 6.45) is 0. The van der Waals surface area contributed by atoms with E-state index in [1.807, 2.05) is 12.1 Å². The van der Waals surface area contributed by atoms with Crippen molar-refractivity contribution in [1.29, 1.82) is 5.26 Å². The van der Waals surface area contributed by atoms with E-state index in [1.165, 1.54) is 0 Å². The summed E-state index contributed by atoms with van der Waals surface area (Å²) in [5.74, 6) is 0. The molecule has 6 nitrogen and oxygen atoms in total. The lowest BCUT2D eigenvalue weighted by atomic mass is 10.0. The average Bonchev–Trinajstić information content (AvgIpc) is 4.11. The zero-order chi connectivity index (χ0) is 43.6. The van der Waals surface area contributed by atoms with Gasteiger partial charge in [0.2, 0.25) is 5.69 Å².